The Bertz CT molecular complexity index is 1020. The molecule has 3 rings (SSSR count). The molecule has 0 aliphatic carbocycles. The number of pyridine rings is 1. The van der Waals surface area contributed by atoms with Crippen LogP contribution < -0.4 is 11.2 Å². The number of hydrogen-bond donors (Lipinski definition) is 2. The van der Waals surface area contributed by atoms with Crippen LogP contribution in [0.2, 0.25) is 0 Å². The first-order valence-corrected chi connectivity index (χ1v) is 7.84. The number of nitrogens with zero attached hydrogens (tertiary/aromatic N) is 4. The Hall–Kier alpha value is -3.43. The predicted octanol–water partition coefficient (Wildman–Crippen LogP) is 2.01. The highest BCUT2D eigenvalue weighted by Crippen LogP contribution is 2.18. The number of carbonyl (C=O) groups is 1. The summed E-state index contributed by atoms with van der Waals surface area (Å²) in [6, 6.07) is 9.47. The molecule has 27 heavy (non-hydrogen) atoms. The Morgan fingerprint density at radius 2 is 2.04 bits per heavy atom. The van der Waals surface area contributed by atoms with Crippen LogP contribution in [0.5, 0.6) is 0 Å². The van der Waals surface area contributed by atoms with Crippen molar-refractivity contribution in [3.05, 3.63) is 59.7 Å². The van der Waals surface area contributed by atoms with Gasteiger partial charge in [0, 0.05) is 18.7 Å². The van der Waals surface area contributed by atoms with Crippen LogP contribution in [0, 0.1) is 5.82 Å². The van der Waals surface area contributed by atoms with Crippen LogP contribution in [0.25, 0.3) is 11.0 Å². The van der Waals surface area contributed by atoms with Crippen molar-refractivity contribution in [3.63, 3.8) is 0 Å². The van der Waals surface area contributed by atoms with E-state index in [9.17, 15) is 18.0 Å². The van der Waals surface area contributed by atoms with Gasteiger partial charge in [0.2, 0.25) is 0 Å². The fourth-order valence-electron chi connectivity index (χ4n) is 2.36. The van der Waals surface area contributed by atoms with Crippen LogP contribution in [0.15, 0.2) is 47.7 Å². The Labute approximate surface area is 151 Å². The minimum atomic E-state index is -3.60. The van der Waals surface area contributed by atoms with Crippen LogP contribution in [0.1, 0.15) is 18.2 Å². The van der Waals surface area contributed by atoms with Crippen molar-refractivity contribution in [2.75, 3.05) is 0 Å². The average molecular weight is 376 g/mol. The smallest absolute Gasteiger partial charge is 0.323 e. The minimum Gasteiger partial charge on any atom is -0.380 e. The molecule has 0 unspecified atom stereocenters. The summed E-state index contributed by atoms with van der Waals surface area (Å²) < 4.78 is 41.2. The van der Waals surface area contributed by atoms with Gasteiger partial charge in [-0.05, 0) is 18.2 Å². The normalized spacial score (nSPS) is 12.4. The summed E-state index contributed by atoms with van der Waals surface area (Å²) >= 11 is 0. The number of amidine groups is 1. The lowest BCUT2D eigenvalue weighted by Gasteiger charge is -2.07. The van der Waals surface area contributed by atoms with E-state index in [0.717, 1.165) is 0 Å². The lowest BCUT2D eigenvalue weighted by molar-refractivity contribution is -0.142. The van der Waals surface area contributed by atoms with E-state index < -0.39 is 17.6 Å². The van der Waals surface area contributed by atoms with Gasteiger partial charge < -0.3 is 5.73 Å². The highest BCUT2D eigenvalue weighted by Gasteiger charge is 2.32. The second-order valence-electron chi connectivity index (χ2n) is 5.80. The lowest BCUT2D eigenvalue weighted by atomic mass is 10.2. The first-order chi connectivity index (χ1) is 12.8. The van der Waals surface area contributed by atoms with Crippen molar-refractivity contribution >= 4 is 22.8 Å². The first kappa shape index (κ1) is 18.4. The predicted molar refractivity (Wildman–Crippen MR) is 92.5 cm³/mol. The molecule has 0 saturated carbocycles. The quantitative estimate of drug-likeness (QED) is 0.404. The van der Waals surface area contributed by atoms with Gasteiger partial charge in [0.05, 0.1) is 11.9 Å². The number of alkyl halides is 2. The molecule has 1 amide bonds. The zero-order valence-corrected chi connectivity index (χ0v) is 14.2. The van der Waals surface area contributed by atoms with Crippen molar-refractivity contribution in [2.24, 2.45) is 10.8 Å². The maximum atomic E-state index is 13.9. The van der Waals surface area contributed by atoms with Gasteiger partial charge >= 0.3 is 11.8 Å². The minimum absolute atomic E-state index is 0.0762. The first-order valence-electron chi connectivity index (χ1n) is 7.84. The number of aromatic nitrogens is 3. The summed E-state index contributed by atoms with van der Waals surface area (Å²) in [4.78, 5) is 15.4. The third-order valence-electron chi connectivity index (χ3n) is 3.70. The Balaban J connectivity index is 1.97. The van der Waals surface area contributed by atoms with Gasteiger partial charge in [0.15, 0.2) is 11.5 Å². The monoisotopic (exact) mass is 376 g/mol. The van der Waals surface area contributed by atoms with E-state index in [1.54, 1.807) is 35.8 Å². The highest BCUT2D eigenvalue weighted by molar-refractivity contribution is 6.06. The Morgan fingerprint density at radius 3 is 2.74 bits per heavy atom. The number of fused-ring (bicyclic) bond motifs is 1. The standard InChI is InChI=1S/C17H15F3N6O/c1-17(19,20)16(27)24-23-14(21)13-11-6-4-8-22-15(11)26(25-13)9-10-5-2-3-7-12(10)18/h2-8H,9H2,1H3,(H2,21,23)(H,24,27). The SMILES string of the molecule is CC(F)(F)C(=O)N/N=C(\N)c1nn(Cc2ccccc2F)c2ncccc12. The van der Waals surface area contributed by atoms with Gasteiger partial charge in [-0.2, -0.15) is 19.0 Å². The van der Waals surface area contributed by atoms with Crippen molar-refractivity contribution in [3.8, 4) is 0 Å². The molecular weight excluding hydrogens is 361 g/mol. The zero-order valence-electron chi connectivity index (χ0n) is 14.2. The molecule has 0 saturated heterocycles. The van der Waals surface area contributed by atoms with Crippen LogP contribution in [0.4, 0.5) is 13.2 Å². The molecule has 0 aliphatic rings. The maximum absolute atomic E-state index is 13.9. The number of hydrogen-bond acceptors (Lipinski definition) is 4. The fraction of sp³-hybridized carbons (Fsp3) is 0.176. The molecule has 0 spiro atoms. The molecule has 140 valence electrons. The second-order valence-corrected chi connectivity index (χ2v) is 5.80. The molecule has 2 aromatic heterocycles. The van der Waals surface area contributed by atoms with E-state index >= 15 is 0 Å². The number of carbonyl (C=O) groups excluding carboxylic acids is 1. The van der Waals surface area contributed by atoms with Gasteiger partial charge in [-0.15, -0.1) is 0 Å². The van der Waals surface area contributed by atoms with Gasteiger partial charge in [0.1, 0.15) is 11.5 Å². The van der Waals surface area contributed by atoms with E-state index in [1.807, 2.05) is 0 Å². The molecule has 3 aromatic rings. The van der Waals surface area contributed by atoms with E-state index in [2.05, 4.69) is 15.2 Å². The number of halogens is 3. The Morgan fingerprint density at radius 1 is 1.30 bits per heavy atom. The summed E-state index contributed by atoms with van der Waals surface area (Å²) in [5, 5.41) is 8.22. The van der Waals surface area contributed by atoms with Gasteiger partial charge in [0.25, 0.3) is 0 Å². The molecule has 3 N–H and O–H groups in total. The average Bonchev–Trinajstić information content (AvgIpc) is 2.99. The zero-order chi connectivity index (χ0) is 19.6. The fourth-order valence-corrected chi connectivity index (χ4v) is 2.36. The molecule has 0 bridgehead atoms. The highest BCUT2D eigenvalue weighted by atomic mass is 19.3. The van der Waals surface area contributed by atoms with Crippen LogP contribution in [-0.4, -0.2) is 32.4 Å². The topological polar surface area (TPSA) is 98.2 Å². The summed E-state index contributed by atoms with van der Waals surface area (Å²) in [5.41, 5.74) is 8.42. The third-order valence-corrected chi connectivity index (χ3v) is 3.70. The summed E-state index contributed by atoms with van der Waals surface area (Å²) in [6.45, 7) is 0.517. The molecule has 0 radical (unpaired) electrons. The molecule has 7 nitrogen and oxygen atoms in total. The van der Waals surface area contributed by atoms with Gasteiger partial charge in [-0.3, -0.25) is 4.79 Å². The molecule has 1 aromatic carbocycles. The summed E-state index contributed by atoms with van der Waals surface area (Å²) in [5.74, 6) is -5.88. The van der Waals surface area contributed by atoms with Crippen molar-refractivity contribution in [1.82, 2.24) is 20.2 Å². The second kappa shape index (κ2) is 7.06. The summed E-state index contributed by atoms with van der Waals surface area (Å²) in [7, 11) is 0. The number of rotatable bonds is 5. The van der Waals surface area contributed by atoms with Crippen LogP contribution >= 0.6 is 0 Å². The molecular formula is C17H15F3N6O. The van der Waals surface area contributed by atoms with Crippen LogP contribution in [-0.2, 0) is 11.3 Å². The van der Waals surface area contributed by atoms with Gasteiger partial charge in [-0.25, -0.2) is 19.5 Å². The molecule has 2 heterocycles. The van der Waals surface area contributed by atoms with Crippen molar-refractivity contribution < 1.29 is 18.0 Å². The largest absolute Gasteiger partial charge is 0.380 e. The van der Waals surface area contributed by atoms with E-state index in [-0.39, 0.29) is 18.1 Å². The lowest BCUT2D eigenvalue weighted by Crippen LogP contribution is -2.36. The summed E-state index contributed by atoms with van der Waals surface area (Å²) in [6.07, 6.45) is 1.53. The maximum Gasteiger partial charge on any atom is 0.323 e. The molecule has 0 fully saturated rings. The van der Waals surface area contributed by atoms with E-state index in [1.165, 1.54) is 16.9 Å². The van der Waals surface area contributed by atoms with Crippen molar-refractivity contribution in [1.29, 1.82) is 0 Å². The molecule has 0 atom stereocenters. The number of benzene rings is 1. The number of nitrogens with one attached hydrogen (secondary N) is 1. The Kier molecular flexibility index (Phi) is 4.80. The molecule has 10 heteroatoms. The van der Waals surface area contributed by atoms with Crippen LogP contribution in [0.3, 0.4) is 0 Å². The van der Waals surface area contributed by atoms with Crippen molar-refractivity contribution in [2.45, 2.75) is 19.4 Å². The van der Waals surface area contributed by atoms with E-state index in [4.69, 9.17) is 5.73 Å². The number of nitrogens with two attached hydrogens (primary N) is 1. The van der Waals surface area contributed by atoms with Gasteiger partial charge in [-0.1, -0.05) is 18.2 Å². The number of amides is 1. The molecule has 0 aliphatic heterocycles. The van der Waals surface area contributed by atoms with E-state index in [0.29, 0.717) is 23.5 Å². The third kappa shape index (κ3) is 3.89. The number of hydrazone groups is 1.